The van der Waals surface area contributed by atoms with Gasteiger partial charge >= 0.3 is 23.9 Å². The lowest BCUT2D eigenvalue weighted by molar-refractivity contribution is -0.153. The SMILES string of the molecule is CCC(C)C(=O)OCCOC(=O)C(C#N)=C1Sc2c(OC(C)=O)ccc(OC(C)=O)c2S1. The number of rotatable bonds is 8. The maximum atomic E-state index is 12.4. The molecule has 0 radical (unpaired) electrons. The lowest BCUT2D eigenvalue weighted by atomic mass is 10.1. The van der Waals surface area contributed by atoms with Crippen LogP contribution in [-0.4, -0.2) is 37.1 Å². The summed E-state index contributed by atoms with van der Waals surface area (Å²) in [6, 6.07) is 4.74. The molecular formula is C21H21NO8S2. The maximum Gasteiger partial charge on any atom is 0.350 e. The van der Waals surface area contributed by atoms with Gasteiger partial charge in [0.1, 0.15) is 30.8 Å². The molecule has 2 rings (SSSR count). The van der Waals surface area contributed by atoms with E-state index in [1.54, 1.807) is 6.92 Å². The van der Waals surface area contributed by atoms with Crippen LogP contribution >= 0.6 is 23.5 Å². The summed E-state index contributed by atoms with van der Waals surface area (Å²) < 4.78 is 20.7. The van der Waals surface area contributed by atoms with E-state index in [4.69, 9.17) is 18.9 Å². The van der Waals surface area contributed by atoms with Crippen LogP contribution in [-0.2, 0) is 28.7 Å². The highest BCUT2D eigenvalue weighted by molar-refractivity contribution is 8.24. The van der Waals surface area contributed by atoms with Gasteiger partial charge in [-0.05, 0) is 18.6 Å². The molecule has 1 heterocycles. The van der Waals surface area contributed by atoms with E-state index in [0.29, 0.717) is 16.2 Å². The summed E-state index contributed by atoms with van der Waals surface area (Å²) in [6.07, 6.45) is 0.628. The standard InChI is InChI=1S/C21H21NO8S2/c1-5-11(2)19(25)27-8-9-28-20(26)14(10-22)21-31-17-15(29-12(3)23)6-7-16(18(17)32-21)30-13(4)24/h6-7,11H,5,8-9H2,1-4H3. The molecular weight excluding hydrogens is 458 g/mol. The van der Waals surface area contributed by atoms with Crippen molar-refractivity contribution in [3.8, 4) is 17.6 Å². The lowest BCUT2D eigenvalue weighted by Crippen LogP contribution is -2.18. The molecule has 0 amide bonds. The summed E-state index contributed by atoms with van der Waals surface area (Å²) in [5, 5.41) is 9.52. The Balaban J connectivity index is 2.18. The zero-order chi connectivity index (χ0) is 23.8. The van der Waals surface area contributed by atoms with Crippen molar-refractivity contribution < 1.29 is 38.1 Å². The van der Waals surface area contributed by atoms with Gasteiger partial charge in [0.05, 0.1) is 19.9 Å². The third kappa shape index (κ3) is 6.51. The van der Waals surface area contributed by atoms with Crippen molar-refractivity contribution in [1.29, 1.82) is 5.26 Å². The van der Waals surface area contributed by atoms with Gasteiger partial charge in [-0.1, -0.05) is 37.4 Å². The van der Waals surface area contributed by atoms with E-state index in [1.807, 2.05) is 13.0 Å². The Morgan fingerprint density at radius 3 is 1.91 bits per heavy atom. The predicted molar refractivity (Wildman–Crippen MR) is 115 cm³/mol. The smallest absolute Gasteiger partial charge is 0.350 e. The van der Waals surface area contributed by atoms with Crippen LogP contribution in [0.25, 0.3) is 0 Å². The average molecular weight is 480 g/mol. The third-order valence-corrected chi connectivity index (χ3v) is 6.66. The molecule has 1 aliphatic heterocycles. The topological polar surface area (TPSA) is 129 Å². The van der Waals surface area contributed by atoms with Crippen molar-refractivity contribution in [1.82, 2.24) is 0 Å². The van der Waals surface area contributed by atoms with Crippen molar-refractivity contribution in [3.63, 3.8) is 0 Å². The van der Waals surface area contributed by atoms with E-state index < -0.39 is 23.9 Å². The first-order chi connectivity index (χ1) is 15.2. The van der Waals surface area contributed by atoms with Crippen molar-refractivity contribution >= 4 is 47.4 Å². The fourth-order valence-electron chi connectivity index (χ4n) is 2.33. The van der Waals surface area contributed by atoms with Gasteiger partial charge in [0.15, 0.2) is 5.57 Å². The molecule has 11 heteroatoms. The van der Waals surface area contributed by atoms with Crippen LogP contribution in [0, 0.1) is 17.2 Å². The first-order valence-electron chi connectivity index (χ1n) is 9.55. The first kappa shape index (κ1) is 25.3. The Morgan fingerprint density at radius 2 is 1.47 bits per heavy atom. The highest BCUT2D eigenvalue weighted by Crippen LogP contribution is 2.58. The second-order valence-corrected chi connectivity index (χ2v) is 8.80. The highest BCUT2D eigenvalue weighted by atomic mass is 32.2. The number of nitriles is 1. The van der Waals surface area contributed by atoms with Crippen LogP contribution in [0.5, 0.6) is 11.5 Å². The molecule has 170 valence electrons. The number of carbonyl (C=O) groups excluding carboxylic acids is 4. The average Bonchev–Trinajstić information content (AvgIpc) is 3.17. The van der Waals surface area contributed by atoms with Crippen molar-refractivity contribution in [2.75, 3.05) is 13.2 Å². The summed E-state index contributed by atoms with van der Waals surface area (Å²) in [7, 11) is 0. The van der Waals surface area contributed by atoms with E-state index in [9.17, 15) is 24.4 Å². The minimum Gasteiger partial charge on any atom is -0.462 e. The van der Waals surface area contributed by atoms with E-state index in [2.05, 4.69) is 0 Å². The number of thioether (sulfide) groups is 2. The van der Waals surface area contributed by atoms with Gasteiger partial charge in [0.25, 0.3) is 0 Å². The summed E-state index contributed by atoms with van der Waals surface area (Å²) in [4.78, 5) is 47.8. The number of hydrogen-bond acceptors (Lipinski definition) is 11. The van der Waals surface area contributed by atoms with Crippen molar-refractivity contribution in [2.45, 2.75) is 43.9 Å². The van der Waals surface area contributed by atoms with Gasteiger partial charge in [0, 0.05) is 13.8 Å². The predicted octanol–water partition coefficient (Wildman–Crippen LogP) is 3.60. The Hall–Kier alpha value is -2.97. The molecule has 9 nitrogen and oxygen atoms in total. The molecule has 0 saturated carbocycles. The van der Waals surface area contributed by atoms with Gasteiger partial charge in [-0.15, -0.1) is 0 Å². The second-order valence-electron chi connectivity index (χ2n) is 6.50. The van der Waals surface area contributed by atoms with Gasteiger partial charge in [-0.3, -0.25) is 14.4 Å². The molecule has 1 atom stereocenters. The minimum absolute atomic E-state index is 0.128. The summed E-state index contributed by atoms with van der Waals surface area (Å²) in [5.74, 6) is -2.24. The van der Waals surface area contributed by atoms with Crippen LogP contribution in [0.15, 0.2) is 31.7 Å². The Bertz CT molecular complexity index is 965. The van der Waals surface area contributed by atoms with Crippen molar-refractivity contribution in [2.24, 2.45) is 5.92 Å². The Kier molecular flexibility index (Phi) is 9.16. The van der Waals surface area contributed by atoms with E-state index in [-0.39, 0.29) is 40.4 Å². The zero-order valence-electron chi connectivity index (χ0n) is 17.9. The molecule has 0 fully saturated rings. The van der Waals surface area contributed by atoms with E-state index in [0.717, 1.165) is 23.5 Å². The molecule has 0 aromatic heterocycles. The van der Waals surface area contributed by atoms with E-state index >= 15 is 0 Å². The molecule has 1 aromatic carbocycles. The van der Waals surface area contributed by atoms with Gasteiger partial charge in [-0.2, -0.15) is 5.26 Å². The summed E-state index contributed by atoms with van der Waals surface area (Å²) in [6.45, 7) is 5.72. The van der Waals surface area contributed by atoms with Crippen LogP contribution in [0.4, 0.5) is 0 Å². The van der Waals surface area contributed by atoms with Gasteiger partial charge < -0.3 is 18.9 Å². The number of benzene rings is 1. The first-order valence-corrected chi connectivity index (χ1v) is 11.2. The fourth-order valence-corrected chi connectivity index (χ4v) is 4.89. The highest BCUT2D eigenvalue weighted by Gasteiger charge is 2.31. The second kappa shape index (κ2) is 11.6. The van der Waals surface area contributed by atoms with E-state index in [1.165, 1.54) is 26.0 Å². The number of fused-ring (bicyclic) bond motifs is 1. The molecule has 1 aromatic rings. The molecule has 32 heavy (non-hydrogen) atoms. The third-order valence-electron chi connectivity index (χ3n) is 4.03. The molecule has 1 unspecified atom stereocenters. The molecule has 1 aliphatic rings. The Morgan fingerprint density at radius 1 is 0.969 bits per heavy atom. The molecule has 0 spiro atoms. The fraction of sp³-hybridized carbons (Fsp3) is 0.381. The van der Waals surface area contributed by atoms with Crippen LogP contribution in [0.2, 0.25) is 0 Å². The van der Waals surface area contributed by atoms with Crippen LogP contribution < -0.4 is 9.47 Å². The van der Waals surface area contributed by atoms with Crippen LogP contribution in [0.3, 0.4) is 0 Å². The molecule has 0 bridgehead atoms. The quantitative estimate of drug-likeness (QED) is 0.178. The molecule has 0 aliphatic carbocycles. The maximum absolute atomic E-state index is 12.4. The van der Waals surface area contributed by atoms with Gasteiger partial charge in [-0.25, -0.2) is 4.79 Å². The number of nitrogens with zero attached hydrogens (tertiary/aromatic N) is 1. The normalized spacial score (nSPS) is 12.8. The Labute approximate surface area is 193 Å². The monoisotopic (exact) mass is 479 g/mol. The number of carbonyl (C=O) groups is 4. The number of esters is 4. The zero-order valence-corrected chi connectivity index (χ0v) is 19.5. The molecule has 0 N–H and O–H groups in total. The summed E-state index contributed by atoms with van der Waals surface area (Å²) in [5.41, 5.74) is -0.271. The number of ether oxygens (including phenoxy) is 4. The lowest BCUT2D eigenvalue weighted by Gasteiger charge is -2.09. The summed E-state index contributed by atoms with van der Waals surface area (Å²) >= 11 is 2.05. The molecule has 0 saturated heterocycles. The van der Waals surface area contributed by atoms with Crippen molar-refractivity contribution in [3.05, 3.63) is 21.9 Å². The number of hydrogen-bond donors (Lipinski definition) is 0. The van der Waals surface area contributed by atoms with Gasteiger partial charge in [0.2, 0.25) is 0 Å². The van der Waals surface area contributed by atoms with Crippen LogP contribution in [0.1, 0.15) is 34.1 Å². The minimum atomic E-state index is -0.891. The largest absolute Gasteiger partial charge is 0.462 e.